The summed E-state index contributed by atoms with van der Waals surface area (Å²) in [4.78, 5) is 5.18. The monoisotopic (exact) mass is 273 g/mol. The molecule has 3 rings (SSSR count). The highest BCUT2D eigenvalue weighted by Crippen LogP contribution is 2.27. The number of benzene rings is 1. The predicted molar refractivity (Wildman–Crippen MR) is 85.3 cm³/mol. The minimum absolute atomic E-state index is 0.752. The largest absolute Gasteiger partial charge is 0.369 e. The number of rotatable bonds is 4. The molecule has 0 aromatic heterocycles. The average Bonchev–Trinajstić information content (AvgIpc) is 2.96. The maximum Gasteiger partial charge on any atom is 0.0367 e. The number of anilines is 1. The molecular weight excluding hydrogens is 246 g/mol. The molecule has 20 heavy (non-hydrogen) atoms. The lowest BCUT2D eigenvalue weighted by Crippen LogP contribution is -2.49. The summed E-state index contributed by atoms with van der Waals surface area (Å²) in [6.45, 7) is 6.04. The van der Waals surface area contributed by atoms with Gasteiger partial charge in [-0.1, -0.05) is 24.6 Å². The molecule has 2 fully saturated rings. The van der Waals surface area contributed by atoms with Crippen LogP contribution < -0.4 is 10.2 Å². The van der Waals surface area contributed by atoms with E-state index in [1.165, 1.54) is 57.7 Å². The summed E-state index contributed by atoms with van der Waals surface area (Å²) in [5.74, 6) is 0.864. The van der Waals surface area contributed by atoms with Crippen molar-refractivity contribution in [3.05, 3.63) is 30.3 Å². The first-order chi connectivity index (χ1) is 9.86. The molecule has 3 nitrogen and oxygen atoms in total. The Morgan fingerprint density at radius 3 is 2.50 bits per heavy atom. The summed E-state index contributed by atoms with van der Waals surface area (Å²) in [7, 11) is 2.12. The summed E-state index contributed by atoms with van der Waals surface area (Å²) < 4.78 is 0. The minimum atomic E-state index is 0.752. The van der Waals surface area contributed by atoms with Gasteiger partial charge in [0.15, 0.2) is 0 Å². The SMILES string of the molecule is CNC1CCCC1CN1CCN(c2ccccc2)CC1. The van der Waals surface area contributed by atoms with E-state index in [1.807, 2.05) is 0 Å². The lowest BCUT2D eigenvalue weighted by atomic mass is 10.0. The van der Waals surface area contributed by atoms with Gasteiger partial charge < -0.3 is 10.2 Å². The number of para-hydroxylation sites is 1. The predicted octanol–water partition coefficient (Wildman–Crippen LogP) is 2.20. The van der Waals surface area contributed by atoms with Crippen LogP contribution in [0, 0.1) is 5.92 Å². The summed E-state index contributed by atoms with van der Waals surface area (Å²) in [6, 6.07) is 11.6. The van der Waals surface area contributed by atoms with E-state index < -0.39 is 0 Å². The molecule has 1 heterocycles. The normalized spacial score (nSPS) is 27.9. The third-order valence-corrected chi connectivity index (χ3v) is 5.02. The Labute approximate surface area is 123 Å². The summed E-state index contributed by atoms with van der Waals surface area (Å²) >= 11 is 0. The van der Waals surface area contributed by atoms with Crippen molar-refractivity contribution < 1.29 is 0 Å². The van der Waals surface area contributed by atoms with Crippen LogP contribution in [0.5, 0.6) is 0 Å². The zero-order chi connectivity index (χ0) is 13.8. The Hall–Kier alpha value is -1.06. The fourth-order valence-electron chi connectivity index (χ4n) is 3.79. The molecule has 2 atom stereocenters. The number of nitrogens with zero attached hydrogens (tertiary/aromatic N) is 2. The average molecular weight is 273 g/mol. The zero-order valence-corrected chi connectivity index (χ0v) is 12.6. The Balaban J connectivity index is 1.49. The molecule has 2 unspecified atom stereocenters. The van der Waals surface area contributed by atoms with E-state index in [-0.39, 0.29) is 0 Å². The van der Waals surface area contributed by atoms with Gasteiger partial charge >= 0.3 is 0 Å². The van der Waals surface area contributed by atoms with Gasteiger partial charge in [-0.05, 0) is 37.9 Å². The molecule has 110 valence electrons. The molecule has 0 spiro atoms. The van der Waals surface area contributed by atoms with Crippen molar-refractivity contribution in [2.75, 3.05) is 44.7 Å². The second-order valence-corrected chi connectivity index (χ2v) is 6.21. The van der Waals surface area contributed by atoms with Gasteiger partial charge in [0.05, 0.1) is 0 Å². The minimum Gasteiger partial charge on any atom is -0.369 e. The van der Waals surface area contributed by atoms with Crippen LogP contribution in [0.3, 0.4) is 0 Å². The van der Waals surface area contributed by atoms with Crippen molar-refractivity contribution in [2.45, 2.75) is 25.3 Å². The Morgan fingerprint density at radius 1 is 1.05 bits per heavy atom. The van der Waals surface area contributed by atoms with Crippen molar-refractivity contribution >= 4 is 5.69 Å². The first-order valence-corrected chi connectivity index (χ1v) is 8.06. The molecule has 0 radical (unpaired) electrons. The molecule has 1 saturated heterocycles. The molecule has 0 bridgehead atoms. The first-order valence-electron chi connectivity index (χ1n) is 8.06. The highest BCUT2D eigenvalue weighted by Gasteiger charge is 2.28. The van der Waals surface area contributed by atoms with E-state index >= 15 is 0 Å². The summed E-state index contributed by atoms with van der Waals surface area (Å²) in [5, 5.41) is 3.50. The second kappa shape index (κ2) is 6.59. The summed E-state index contributed by atoms with van der Waals surface area (Å²) in [5.41, 5.74) is 1.38. The smallest absolute Gasteiger partial charge is 0.0367 e. The van der Waals surface area contributed by atoms with Crippen LogP contribution in [0.2, 0.25) is 0 Å². The molecule has 3 heteroatoms. The van der Waals surface area contributed by atoms with Crippen LogP contribution in [0.25, 0.3) is 0 Å². The van der Waals surface area contributed by atoms with Crippen molar-refractivity contribution in [3.8, 4) is 0 Å². The van der Waals surface area contributed by atoms with Gasteiger partial charge in [0.1, 0.15) is 0 Å². The standard InChI is InChI=1S/C17H27N3/c1-18-17-9-5-6-15(17)14-19-10-12-20(13-11-19)16-7-3-2-4-8-16/h2-4,7-8,15,17-18H,5-6,9-14H2,1H3. The van der Waals surface area contributed by atoms with Gasteiger partial charge in [0, 0.05) is 44.5 Å². The van der Waals surface area contributed by atoms with Gasteiger partial charge in [-0.15, -0.1) is 0 Å². The van der Waals surface area contributed by atoms with E-state index in [2.05, 4.69) is 52.5 Å². The van der Waals surface area contributed by atoms with Crippen molar-refractivity contribution in [1.29, 1.82) is 0 Å². The van der Waals surface area contributed by atoms with Crippen LogP contribution in [0.4, 0.5) is 5.69 Å². The van der Waals surface area contributed by atoms with E-state index in [0.29, 0.717) is 0 Å². The van der Waals surface area contributed by atoms with Gasteiger partial charge in [-0.3, -0.25) is 4.90 Å². The van der Waals surface area contributed by atoms with Crippen LogP contribution in [-0.4, -0.2) is 50.7 Å². The van der Waals surface area contributed by atoms with Gasteiger partial charge in [-0.25, -0.2) is 0 Å². The van der Waals surface area contributed by atoms with Crippen LogP contribution >= 0.6 is 0 Å². The lowest BCUT2D eigenvalue weighted by Gasteiger charge is -2.38. The van der Waals surface area contributed by atoms with E-state index in [4.69, 9.17) is 0 Å². The number of piperazine rings is 1. The second-order valence-electron chi connectivity index (χ2n) is 6.21. The van der Waals surface area contributed by atoms with Crippen LogP contribution in [0.15, 0.2) is 30.3 Å². The Bertz CT molecular complexity index is 398. The van der Waals surface area contributed by atoms with E-state index in [1.54, 1.807) is 0 Å². The molecule has 0 amide bonds. The maximum atomic E-state index is 3.50. The topological polar surface area (TPSA) is 18.5 Å². The molecule has 1 aliphatic carbocycles. The molecule has 1 N–H and O–H groups in total. The highest BCUT2D eigenvalue weighted by molar-refractivity contribution is 5.46. The highest BCUT2D eigenvalue weighted by atomic mass is 15.3. The fraction of sp³-hybridized carbons (Fsp3) is 0.647. The zero-order valence-electron chi connectivity index (χ0n) is 12.6. The molecule has 1 aromatic rings. The molecule has 1 aliphatic heterocycles. The summed E-state index contributed by atoms with van der Waals surface area (Å²) in [6.07, 6.45) is 4.18. The van der Waals surface area contributed by atoms with Gasteiger partial charge in [-0.2, -0.15) is 0 Å². The van der Waals surface area contributed by atoms with Crippen molar-refractivity contribution in [1.82, 2.24) is 10.2 Å². The Morgan fingerprint density at radius 2 is 1.80 bits per heavy atom. The van der Waals surface area contributed by atoms with Gasteiger partial charge in [0.2, 0.25) is 0 Å². The fourth-order valence-corrected chi connectivity index (χ4v) is 3.79. The van der Waals surface area contributed by atoms with Crippen LogP contribution in [0.1, 0.15) is 19.3 Å². The first kappa shape index (κ1) is 13.9. The lowest BCUT2D eigenvalue weighted by molar-refractivity contribution is 0.206. The third kappa shape index (κ3) is 3.15. The van der Waals surface area contributed by atoms with Crippen LogP contribution in [-0.2, 0) is 0 Å². The van der Waals surface area contributed by atoms with E-state index in [0.717, 1.165) is 12.0 Å². The van der Waals surface area contributed by atoms with Crippen molar-refractivity contribution in [3.63, 3.8) is 0 Å². The van der Waals surface area contributed by atoms with E-state index in [9.17, 15) is 0 Å². The number of nitrogens with one attached hydrogen (secondary N) is 1. The number of hydrogen-bond acceptors (Lipinski definition) is 3. The third-order valence-electron chi connectivity index (χ3n) is 5.02. The Kier molecular flexibility index (Phi) is 4.58. The molecular formula is C17H27N3. The number of hydrogen-bond donors (Lipinski definition) is 1. The van der Waals surface area contributed by atoms with Gasteiger partial charge in [0.25, 0.3) is 0 Å². The molecule has 2 aliphatic rings. The quantitative estimate of drug-likeness (QED) is 0.907. The molecule has 1 saturated carbocycles. The maximum absolute atomic E-state index is 3.50. The molecule has 1 aromatic carbocycles. The van der Waals surface area contributed by atoms with Crippen molar-refractivity contribution in [2.24, 2.45) is 5.92 Å².